The molecule has 0 bridgehead atoms. The van der Waals surface area contributed by atoms with Crippen molar-refractivity contribution in [3.63, 3.8) is 0 Å². The summed E-state index contributed by atoms with van der Waals surface area (Å²) in [7, 11) is 0. The van der Waals surface area contributed by atoms with Gasteiger partial charge in [-0.25, -0.2) is 4.98 Å². The van der Waals surface area contributed by atoms with E-state index >= 15 is 0 Å². The van der Waals surface area contributed by atoms with Gasteiger partial charge < -0.3 is 10.3 Å². The number of aromatic nitrogens is 3. The Morgan fingerprint density at radius 2 is 2.00 bits per heavy atom. The summed E-state index contributed by atoms with van der Waals surface area (Å²) >= 11 is 0. The quantitative estimate of drug-likeness (QED) is 0.762. The lowest BCUT2D eigenvalue weighted by Crippen LogP contribution is -2.02. The van der Waals surface area contributed by atoms with Gasteiger partial charge in [-0.3, -0.25) is 4.98 Å². The van der Waals surface area contributed by atoms with Crippen molar-refractivity contribution in [1.29, 1.82) is 0 Å². The Balaban J connectivity index is 2.31. The SMILES string of the molecule is CCn1c(C)nc(-c2cncc3ccccc23)c1N. The third kappa shape index (κ3) is 1.76. The minimum atomic E-state index is 0.707. The third-order valence-electron chi connectivity index (χ3n) is 3.44. The molecule has 0 spiro atoms. The highest BCUT2D eigenvalue weighted by Gasteiger charge is 2.14. The molecule has 3 rings (SSSR count). The van der Waals surface area contributed by atoms with Gasteiger partial charge in [-0.15, -0.1) is 0 Å². The molecule has 2 N–H and O–H groups in total. The third-order valence-corrected chi connectivity index (χ3v) is 3.44. The second kappa shape index (κ2) is 4.39. The van der Waals surface area contributed by atoms with Crippen molar-refractivity contribution in [2.24, 2.45) is 0 Å². The lowest BCUT2D eigenvalue weighted by Gasteiger charge is -2.05. The van der Waals surface area contributed by atoms with E-state index in [0.29, 0.717) is 5.82 Å². The van der Waals surface area contributed by atoms with Crippen LogP contribution in [-0.4, -0.2) is 14.5 Å². The highest BCUT2D eigenvalue weighted by atomic mass is 15.1. The van der Waals surface area contributed by atoms with Gasteiger partial charge in [0.2, 0.25) is 0 Å². The van der Waals surface area contributed by atoms with Crippen LogP contribution in [0.15, 0.2) is 36.7 Å². The van der Waals surface area contributed by atoms with Crippen LogP contribution in [0.1, 0.15) is 12.7 Å². The van der Waals surface area contributed by atoms with E-state index in [0.717, 1.165) is 34.4 Å². The minimum absolute atomic E-state index is 0.707. The molecule has 3 aromatic rings. The Labute approximate surface area is 111 Å². The molecular formula is C15H16N4. The number of anilines is 1. The Hall–Kier alpha value is -2.36. The number of nitrogen functional groups attached to an aromatic ring is 1. The van der Waals surface area contributed by atoms with Crippen LogP contribution in [0, 0.1) is 6.92 Å². The molecule has 4 heteroatoms. The van der Waals surface area contributed by atoms with Gasteiger partial charge in [0, 0.05) is 29.9 Å². The number of fused-ring (bicyclic) bond motifs is 1. The van der Waals surface area contributed by atoms with Crippen molar-refractivity contribution in [1.82, 2.24) is 14.5 Å². The Morgan fingerprint density at radius 1 is 1.21 bits per heavy atom. The number of hydrogen-bond donors (Lipinski definition) is 1. The van der Waals surface area contributed by atoms with Crippen LogP contribution >= 0.6 is 0 Å². The molecule has 0 radical (unpaired) electrons. The largest absolute Gasteiger partial charge is 0.383 e. The monoisotopic (exact) mass is 252 g/mol. The summed E-state index contributed by atoms with van der Waals surface area (Å²) in [6, 6.07) is 8.15. The Morgan fingerprint density at radius 3 is 2.74 bits per heavy atom. The average Bonchev–Trinajstić information content (AvgIpc) is 2.72. The van der Waals surface area contributed by atoms with Crippen molar-refractivity contribution < 1.29 is 0 Å². The van der Waals surface area contributed by atoms with Gasteiger partial charge in [0.15, 0.2) is 0 Å². The van der Waals surface area contributed by atoms with Gasteiger partial charge in [0.1, 0.15) is 17.3 Å². The van der Waals surface area contributed by atoms with Crippen LogP contribution in [-0.2, 0) is 6.54 Å². The van der Waals surface area contributed by atoms with Gasteiger partial charge in [-0.1, -0.05) is 24.3 Å². The van der Waals surface area contributed by atoms with Gasteiger partial charge >= 0.3 is 0 Å². The zero-order valence-electron chi connectivity index (χ0n) is 11.1. The maximum Gasteiger partial charge on any atom is 0.131 e. The van der Waals surface area contributed by atoms with E-state index in [1.54, 1.807) is 0 Å². The smallest absolute Gasteiger partial charge is 0.131 e. The number of benzene rings is 1. The number of nitrogens with zero attached hydrogens (tertiary/aromatic N) is 3. The van der Waals surface area contributed by atoms with Crippen LogP contribution in [0.2, 0.25) is 0 Å². The summed E-state index contributed by atoms with van der Waals surface area (Å²) in [5.74, 6) is 1.64. The fourth-order valence-corrected chi connectivity index (χ4v) is 2.48. The molecule has 0 amide bonds. The first-order valence-electron chi connectivity index (χ1n) is 6.38. The second-order valence-corrected chi connectivity index (χ2v) is 4.55. The summed E-state index contributed by atoms with van der Waals surface area (Å²) in [5.41, 5.74) is 8.02. The number of nitrogens with two attached hydrogens (primary N) is 1. The predicted molar refractivity (Wildman–Crippen MR) is 77.8 cm³/mol. The molecule has 0 fully saturated rings. The summed E-state index contributed by atoms with van der Waals surface area (Å²) < 4.78 is 2.01. The van der Waals surface area contributed by atoms with Crippen molar-refractivity contribution >= 4 is 16.6 Å². The fraction of sp³-hybridized carbons (Fsp3) is 0.200. The van der Waals surface area contributed by atoms with E-state index in [-0.39, 0.29) is 0 Å². The minimum Gasteiger partial charge on any atom is -0.383 e. The Bertz CT molecular complexity index is 738. The second-order valence-electron chi connectivity index (χ2n) is 4.55. The molecular weight excluding hydrogens is 236 g/mol. The molecule has 2 aromatic heterocycles. The number of rotatable bonds is 2. The number of hydrogen-bond acceptors (Lipinski definition) is 3. The lowest BCUT2D eigenvalue weighted by molar-refractivity contribution is 0.739. The zero-order chi connectivity index (χ0) is 13.4. The van der Waals surface area contributed by atoms with E-state index in [1.165, 1.54) is 0 Å². The summed E-state index contributed by atoms with van der Waals surface area (Å²) in [5, 5.41) is 2.23. The van der Waals surface area contributed by atoms with Crippen molar-refractivity contribution in [2.45, 2.75) is 20.4 Å². The van der Waals surface area contributed by atoms with E-state index < -0.39 is 0 Å². The molecule has 19 heavy (non-hydrogen) atoms. The maximum absolute atomic E-state index is 6.21. The molecule has 4 nitrogen and oxygen atoms in total. The van der Waals surface area contributed by atoms with Crippen LogP contribution in [0.5, 0.6) is 0 Å². The van der Waals surface area contributed by atoms with Crippen molar-refractivity contribution in [2.75, 3.05) is 5.73 Å². The Kier molecular flexibility index (Phi) is 2.71. The van der Waals surface area contributed by atoms with E-state index in [1.807, 2.05) is 42.1 Å². The van der Waals surface area contributed by atoms with E-state index in [9.17, 15) is 0 Å². The van der Waals surface area contributed by atoms with Gasteiger partial charge in [-0.05, 0) is 19.2 Å². The molecule has 0 atom stereocenters. The molecule has 1 aromatic carbocycles. The highest BCUT2D eigenvalue weighted by Crippen LogP contribution is 2.31. The van der Waals surface area contributed by atoms with Crippen LogP contribution in [0.3, 0.4) is 0 Å². The fourth-order valence-electron chi connectivity index (χ4n) is 2.48. The topological polar surface area (TPSA) is 56.7 Å². The number of pyridine rings is 1. The summed E-state index contributed by atoms with van der Waals surface area (Å²) in [6.07, 6.45) is 3.69. The standard InChI is InChI=1S/C15H16N4/c1-3-19-10(2)18-14(15(19)16)13-9-17-8-11-6-4-5-7-12(11)13/h4-9H,3,16H2,1-2H3. The first-order chi connectivity index (χ1) is 9.22. The summed E-state index contributed by atoms with van der Waals surface area (Å²) in [4.78, 5) is 8.89. The number of aryl methyl sites for hydroxylation is 1. The zero-order valence-corrected chi connectivity index (χ0v) is 11.1. The molecule has 96 valence electrons. The van der Waals surface area contributed by atoms with Crippen LogP contribution in [0.4, 0.5) is 5.82 Å². The summed E-state index contributed by atoms with van der Waals surface area (Å²) in [6.45, 7) is 4.86. The lowest BCUT2D eigenvalue weighted by atomic mass is 10.1. The maximum atomic E-state index is 6.21. The van der Waals surface area contributed by atoms with Crippen molar-refractivity contribution in [3.05, 3.63) is 42.5 Å². The predicted octanol–water partition coefficient (Wildman–Crippen LogP) is 3.01. The van der Waals surface area contributed by atoms with Crippen molar-refractivity contribution in [3.8, 4) is 11.3 Å². The molecule has 2 heterocycles. The van der Waals surface area contributed by atoms with Crippen LogP contribution < -0.4 is 5.73 Å². The van der Waals surface area contributed by atoms with Crippen LogP contribution in [0.25, 0.3) is 22.0 Å². The molecule has 0 aliphatic carbocycles. The van der Waals surface area contributed by atoms with E-state index in [4.69, 9.17) is 5.73 Å². The van der Waals surface area contributed by atoms with Gasteiger partial charge in [0.25, 0.3) is 0 Å². The molecule has 0 unspecified atom stereocenters. The van der Waals surface area contributed by atoms with E-state index in [2.05, 4.69) is 23.0 Å². The molecule has 0 aliphatic rings. The number of imidazole rings is 1. The molecule has 0 aliphatic heterocycles. The van der Waals surface area contributed by atoms with Gasteiger partial charge in [0.05, 0.1) is 0 Å². The molecule has 0 saturated carbocycles. The molecule has 0 saturated heterocycles. The average molecular weight is 252 g/mol. The normalized spacial score (nSPS) is 11.1. The van der Waals surface area contributed by atoms with Gasteiger partial charge in [-0.2, -0.15) is 0 Å². The highest BCUT2D eigenvalue weighted by molar-refractivity contribution is 5.96. The first-order valence-corrected chi connectivity index (χ1v) is 6.38. The first kappa shape index (κ1) is 11.7.